The third-order valence-electron chi connectivity index (χ3n) is 5.03. The molecule has 0 atom stereocenters. The summed E-state index contributed by atoms with van der Waals surface area (Å²) >= 11 is 0. The van der Waals surface area contributed by atoms with E-state index in [-0.39, 0.29) is 6.04 Å². The normalized spacial score (nSPS) is 21.2. The van der Waals surface area contributed by atoms with Gasteiger partial charge in [0.1, 0.15) is 0 Å². The van der Waals surface area contributed by atoms with Crippen LogP contribution in [0, 0.1) is 0 Å². The van der Waals surface area contributed by atoms with Crippen molar-refractivity contribution < 1.29 is 13.2 Å². The maximum absolute atomic E-state index is 13.2. The number of likely N-dealkylation sites (tertiary alicyclic amines) is 1. The van der Waals surface area contributed by atoms with Gasteiger partial charge in [-0.25, -0.2) is 8.42 Å². The fraction of sp³-hybridized carbons (Fsp3) is 0.667. The number of benzene rings is 1. The summed E-state index contributed by atoms with van der Waals surface area (Å²) in [5.41, 5.74) is 0. The second kappa shape index (κ2) is 8.43. The van der Waals surface area contributed by atoms with Gasteiger partial charge in [-0.2, -0.15) is 4.31 Å². The van der Waals surface area contributed by atoms with Gasteiger partial charge in [0.05, 0.1) is 4.90 Å². The minimum absolute atomic E-state index is 0.0498. The highest BCUT2D eigenvalue weighted by molar-refractivity contribution is 7.89. The van der Waals surface area contributed by atoms with Crippen LogP contribution < -0.4 is 0 Å². The molecule has 0 unspecified atom stereocenters. The van der Waals surface area contributed by atoms with E-state index in [1.807, 2.05) is 6.07 Å². The van der Waals surface area contributed by atoms with Crippen LogP contribution in [-0.2, 0) is 14.8 Å². The van der Waals surface area contributed by atoms with E-state index in [1.54, 1.807) is 28.6 Å². The van der Waals surface area contributed by atoms with Crippen molar-refractivity contribution >= 4 is 10.0 Å². The van der Waals surface area contributed by atoms with Gasteiger partial charge < -0.3 is 9.64 Å². The molecule has 0 saturated carbocycles. The van der Waals surface area contributed by atoms with Gasteiger partial charge in [0.25, 0.3) is 0 Å². The standard InChI is InChI=1S/C18H28N2O3S/c21-24(22,18-7-3-1-4-8-18)20(17-9-15-23-16-10-17)14-13-19-11-5-2-6-12-19/h1,3-4,7-8,17H,2,5-6,9-16H2. The van der Waals surface area contributed by atoms with E-state index in [2.05, 4.69) is 4.90 Å². The lowest BCUT2D eigenvalue weighted by Crippen LogP contribution is -2.47. The molecular formula is C18H28N2O3S. The van der Waals surface area contributed by atoms with Crippen molar-refractivity contribution in [1.82, 2.24) is 9.21 Å². The monoisotopic (exact) mass is 352 g/mol. The van der Waals surface area contributed by atoms with Crippen LogP contribution in [0.1, 0.15) is 32.1 Å². The van der Waals surface area contributed by atoms with Gasteiger partial charge in [0.2, 0.25) is 10.0 Å². The third-order valence-corrected chi connectivity index (χ3v) is 7.00. The van der Waals surface area contributed by atoms with Gasteiger partial charge in [0, 0.05) is 32.3 Å². The summed E-state index contributed by atoms with van der Waals surface area (Å²) in [6.07, 6.45) is 5.31. The van der Waals surface area contributed by atoms with E-state index in [0.29, 0.717) is 24.7 Å². The fourth-order valence-corrected chi connectivity index (χ4v) is 5.32. The van der Waals surface area contributed by atoms with Crippen LogP contribution in [0.2, 0.25) is 0 Å². The summed E-state index contributed by atoms with van der Waals surface area (Å²) in [4.78, 5) is 2.80. The van der Waals surface area contributed by atoms with Crippen molar-refractivity contribution in [1.29, 1.82) is 0 Å². The quantitative estimate of drug-likeness (QED) is 0.788. The number of rotatable bonds is 6. The van der Waals surface area contributed by atoms with Crippen LogP contribution >= 0.6 is 0 Å². The minimum Gasteiger partial charge on any atom is -0.381 e. The zero-order chi connectivity index (χ0) is 16.8. The zero-order valence-electron chi connectivity index (χ0n) is 14.3. The molecule has 0 bridgehead atoms. The molecule has 0 aromatic heterocycles. The van der Waals surface area contributed by atoms with Crippen LogP contribution in [0.3, 0.4) is 0 Å². The molecule has 3 rings (SSSR count). The maximum atomic E-state index is 13.2. The Kier molecular flexibility index (Phi) is 6.27. The number of hydrogen-bond acceptors (Lipinski definition) is 4. The smallest absolute Gasteiger partial charge is 0.243 e. The van der Waals surface area contributed by atoms with Gasteiger partial charge in [-0.1, -0.05) is 24.6 Å². The molecule has 2 saturated heterocycles. The van der Waals surface area contributed by atoms with Gasteiger partial charge in [-0.05, 0) is 50.9 Å². The lowest BCUT2D eigenvalue weighted by Gasteiger charge is -2.35. The minimum atomic E-state index is -3.45. The average molecular weight is 353 g/mol. The molecule has 134 valence electrons. The van der Waals surface area contributed by atoms with E-state index in [1.165, 1.54) is 19.3 Å². The summed E-state index contributed by atoms with van der Waals surface area (Å²) in [6.45, 7) is 4.87. The largest absolute Gasteiger partial charge is 0.381 e. The van der Waals surface area contributed by atoms with Crippen LogP contribution in [0.4, 0.5) is 0 Å². The van der Waals surface area contributed by atoms with E-state index in [9.17, 15) is 8.42 Å². The van der Waals surface area contributed by atoms with Crippen LogP contribution in [-0.4, -0.2) is 63.1 Å². The Morgan fingerprint density at radius 3 is 2.38 bits per heavy atom. The third kappa shape index (κ3) is 4.36. The second-order valence-corrected chi connectivity index (χ2v) is 8.57. The summed E-state index contributed by atoms with van der Waals surface area (Å²) < 4.78 is 33.5. The van der Waals surface area contributed by atoms with Gasteiger partial charge in [-0.15, -0.1) is 0 Å². The summed E-state index contributed by atoms with van der Waals surface area (Å²) in [7, 11) is -3.45. The Morgan fingerprint density at radius 2 is 1.71 bits per heavy atom. The Bertz CT molecular complexity index is 594. The molecule has 5 nitrogen and oxygen atoms in total. The molecular weight excluding hydrogens is 324 g/mol. The molecule has 2 heterocycles. The van der Waals surface area contributed by atoms with E-state index < -0.39 is 10.0 Å². The molecule has 6 heteroatoms. The first-order chi connectivity index (χ1) is 11.7. The highest BCUT2D eigenvalue weighted by Crippen LogP contribution is 2.23. The SMILES string of the molecule is O=S(=O)(c1ccccc1)N(CCN1CCCCC1)C1CCOCC1. The molecule has 1 aromatic rings. The highest BCUT2D eigenvalue weighted by atomic mass is 32.2. The predicted octanol–water partition coefficient (Wildman–Crippen LogP) is 2.34. The van der Waals surface area contributed by atoms with E-state index >= 15 is 0 Å². The molecule has 0 N–H and O–H groups in total. The van der Waals surface area contributed by atoms with Gasteiger partial charge >= 0.3 is 0 Å². The van der Waals surface area contributed by atoms with Crippen molar-refractivity contribution in [2.45, 2.75) is 43.0 Å². The molecule has 0 spiro atoms. The maximum Gasteiger partial charge on any atom is 0.243 e. The number of piperidine rings is 1. The predicted molar refractivity (Wildman–Crippen MR) is 94.5 cm³/mol. The first kappa shape index (κ1) is 17.9. The first-order valence-corrected chi connectivity index (χ1v) is 10.5. The Labute approximate surface area is 145 Å². The lowest BCUT2D eigenvalue weighted by atomic mass is 10.1. The van der Waals surface area contributed by atoms with Crippen molar-refractivity contribution in [2.24, 2.45) is 0 Å². The summed E-state index contributed by atoms with van der Waals surface area (Å²) in [6, 6.07) is 8.88. The van der Waals surface area contributed by atoms with Crippen molar-refractivity contribution in [3.63, 3.8) is 0 Å². The van der Waals surface area contributed by atoms with Crippen molar-refractivity contribution in [3.05, 3.63) is 30.3 Å². The number of ether oxygens (including phenoxy) is 1. The molecule has 1 aromatic carbocycles. The van der Waals surface area contributed by atoms with E-state index in [4.69, 9.17) is 4.74 Å². The molecule has 0 radical (unpaired) electrons. The van der Waals surface area contributed by atoms with Gasteiger partial charge in [-0.3, -0.25) is 0 Å². The van der Waals surface area contributed by atoms with Gasteiger partial charge in [0.15, 0.2) is 0 Å². The van der Waals surface area contributed by atoms with Crippen LogP contribution in [0.15, 0.2) is 35.2 Å². The summed E-state index contributed by atoms with van der Waals surface area (Å²) in [5, 5.41) is 0. The number of nitrogens with zero attached hydrogens (tertiary/aromatic N) is 2. The average Bonchev–Trinajstić information content (AvgIpc) is 2.64. The Hall–Kier alpha value is -0.950. The summed E-state index contributed by atoms with van der Waals surface area (Å²) in [5.74, 6) is 0. The second-order valence-electron chi connectivity index (χ2n) is 6.67. The van der Waals surface area contributed by atoms with Crippen molar-refractivity contribution in [3.8, 4) is 0 Å². The van der Waals surface area contributed by atoms with Crippen LogP contribution in [0.25, 0.3) is 0 Å². The topological polar surface area (TPSA) is 49.9 Å². The first-order valence-electron chi connectivity index (χ1n) is 9.05. The fourth-order valence-electron chi connectivity index (χ4n) is 3.62. The van der Waals surface area contributed by atoms with Crippen LogP contribution in [0.5, 0.6) is 0 Å². The molecule has 2 aliphatic heterocycles. The molecule has 24 heavy (non-hydrogen) atoms. The highest BCUT2D eigenvalue weighted by Gasteiger charge is 2.32. The number of hydrogen-bond donors (Lipinski definition) is 0. The molecule has 2 aliphatic rings. The van der Waals surface area contributed by atoms with E-state index in [0.717, 1.165) is 32.5 Å². The van der Waals surface area contributed by atoms with Crippen molar-refractivity contribution in [2.75, 3.05) is 39.4 Å². The molecule has 2 fully saturated rings. The molecule has 0 amide bonds. The Morgan fingerprint density at radius 1 is 1.04 bits per heavy atom. The lowest BCUT2D eigenvalue weighted by molar-refractivity contribution is 0.0557. The Balaban J connectivity index is 1.75. The molecule has 0 aliphatic carbocycles. The zero-order valence-corrected chi connectivity index (χ0v) is 15.1. The number of sulfonamides is 1.